The summed E-state index contributed by atoms with van der Waals surface area (Å²) in [6, 6.07) is 28.7. The molecular formula is C51H52N12O5S2. The van der Waals surface area contributed by atoms with E-state index in [9.17, 15) is 21.6 Å². The molecule has 0 saturated carbocycles. The molecule has 17 nitrogen and oxygen atoms in total. The molecule has 12 rings (SSSR count). The van der Waals surface area contributed by atoms with Crippen LogP contribution < -0.4 is 16.8 Å². The highest BCUT2D eigenvalue weighted by Crippen LogP contribution is 2.45. The highest BCUT2D eigenvalue weighted by atomic mass is 32.2. The van der Waals surface area contributed by atoms with Gasteiger partial charge < -0.3 is 21.7 Å². The van der Waals surface area contributed by atoms with Crippen LogP contribution in [0.15, 0.2) is 120 Å². The Bertz CT molecular complexity index is 3490. The zero-order chi connectivity index (χ0) is 48.5. The minimum absolute atomic E-state index is 0.0335. The third kappa shape index (κ3) is 8.24. The van der Waals surface area contributed by atoms with Crippen LogP contribution in [0, 0.1) is 0 Å². The molecule has 6 atom stereocenters. The Morgan fingerprint density at radius 1 is 0.557 bits per heavy atom. The topological polar surface area (TPSA) is 239 Å². The Hall–Kier alpha value is -7.09. The summed E-state index contributed by atoms with van der Waals surface area (Å²) in [5.74, 6) is 0.102. The van der Waals surface area contributed by atoms with Gasteiger partial charge in [-0.1, -0.05) is 72.8 Å². The first-order valence-corrected chi connectivity index (χ1v) is 27.3. The Morgan fingerprint density at radius 2 is 0.986 bits per heavy atom. The highest BCUT2D eigenvalue weighted by molar-refractivity contribution is 7.91. The van der Waals surface area contributed by atoms with E-state index in [2.05, 4.69) is 25.5 Å². The number of anilines is 2. The molecule has 4 fully saturated rings. The third-order valence-electron chi connectivity index (χ3n) is 14.5. The number of rotatable bonds is 9. The lowest BCUT2D eigenvalue weighted by molar-refractivity contribution is -0.122. The first-order chi connectivity index (χ1) is 33.7. The van der Waals surface area contributed by atoms with E-state index < -0.39 is 19.7 Å². The number of benzene rings is 2. The second-order valence-corrected chi connectivity index (χ2v) is 23.0. The van der Waals surface area contributed by atoms with Gasteiger partial charge in [-0.25, -0.2) is 26.8 Å². The molecule has 8 aromatic rings. The maximum Gasteiger partial charge on any atom is 0.210 e. The van der Waals surface area contributed by atoms with E-state index >= 15 is 0 Å². The molecule has 0 aliphatic carbocycles. The summed E-state index contributed by atoms with van der Waals surface area (Å²) in [7, 11) is -7.27. The van der Waals surface area contributed by atoms with Gasteiger partial charge in [-0.15, -0.1) is 0 Å². The average Bonchev–Trinajstić information content (AvgIpc) is 4.14. The van der Waals surface area contributed by atoms with Gasteiger partial charge in [0.1, 0.15) is 21.4 Å². The molecule has 19 heteroatoms. The number of amides is 1. The van der Waals surface area contributed by atoms with Gasteiger partial charge in [0.15, 0.2) is 31.0 Å². The van der Waals surface area contributed by atoms with E-state index in [0.717, 1.165) is 96.0 Å². The molecule has 4 bridgehead atoms. The number of nitrogen functional groups attached to an aromatic ring is 2. The molecule has 4 aliphatic heterocycles. The molecule has 4 saturated heterocycles. The van der Waals surface area contributed by atoms with Crippen molar-refractivity contribution in [2.75, 3.05) is 24.0 Å². The van der Waals surface area contributed by atoms with E-state index in [0.29, 0.717) is 47.6 Å². The van der Waals surface area contributed by atoms with Crippen molar-refractivity contribution in [2.45, 2.75) is 97.2 Å². The van der Waals surface area contributed by atoms with Gasteiger partial charge in [0.2, 0.25) is 6.41 Å². The van der Waals surface area contributed by atoms with Crippen LogP contribution in [0.5, 0.6) is 0 Å². The normalized spacial score (nSPS) is 22.0. The van der Waals surface area contributed by atoms with E-state index in [1.165, 1.54) is 15.3 Å². The van der Waals surface area contributed by atoms with Crippen molar-refractivity contribution < 1.29 is 21.6 Å². The fourth-order valence-corrected chi connectivity index (χ4v) is 13.4. The van der Waals surface area contributed by atoms with Gasteiger partial charge in [-0.05, 0) is 63.5 Å². The number of sulfone groups is 2. The summed E-state index contributed by atoms with van der Waals surface area (Å²) >= 11 is 0. The molecule has 1 amide bonds. The molecule has 4 aliphatic rings. The van der Waals surface area contributed by atoms with Crippen molar-refractivity contribution in [3.63, 3.8) is 0 Å². The zero-order valence-corrected chi connectivity index (χ0v) is 40.3. The quantitative estimate of drug-likeness (QED) is 0.127. The number of piperidine rings is 2. The Kier molecular flexibility index (Phi) is 11.5. The van der Waals surface area contributed by atoms with Gasteiger partial charge in [0.25, 0.3) is 0 Å². The smallest absolute Gasteiger partial charge is 0.210 e. The summed E-state index contributed by atoms with van der Waals surface area (Å²) in [5.41, 5.74) is 21.9. The number of hydrogen-bond acceptors (Lipinski definition) is 14. The molecule has 358 valence electrons. The lowest BCUT2D eigenvalue weighted by Crippen LogP contribution is -2.41. The maximum absolute atomic E-state index is 12.9. The molecule has 2 unspecified atom stereocenters. The monoisotopic (exact) mass is 976 g/mol. The largest absolute Gasteiger partial charge is 0.382 e. The van der Waals surface area contributed by atoms with Gasteiger partial charge in [-0.3, -0.25) is 14.8 Å². The number of carbonyl (C=O) groups excluding carboxylic acids is 1. The van der Waals surface area contributed by atoms with Gasteiger partial charge in [-0.2, -0.15) is 19.2 Å². The molecule has 6 aromatic heterocycles. The minimum atomic E-state index is -3.67. The lowest BCUT2D eigenvalue weighted by Gasteiger charge is -2.36. The van der Waals surface area contributed by atoms with Gasteiger partial charge in [0.05, 0.1) is 35.2 Å². The molecule has 10 heterocycles. The van der Waals surface area contributed by atoms with Crippen LogP contribution in [-0.4, -0.2) is 104 Å². The van der Waals surface area contributed by atoms with Crippen molar-refractivity contribution in [1.29, 1.82) is 0 Å². The fraction of sp³-hybridized carbons (Fsp3) is 0.314. The molecule has 5 N–H and O–H groups in total. The van der Waals surface area contributed by atoms with Crippen molar-refractivity contribution in [1.82, 2.24) is 49.4 Å². The number of nitrogens with one attached hydrogen (secondary N) is 1. The van der Waals surface area contributed by atoms with Gasteiger partial charge >= 0.3 is 0 Å². The number of nitrogens with two attached hydrogens (primary N) is 2. The second kappa shape index (κ2) is 17.7. The average molecular weight is 977 g/mol. The van der Waals surface area contributed by atoms with E-state index in [-0.39, 0.29) is 45.3 Å². The van der Waals surface area contributed by atoms with Crippen LogP contribution in [0.4, 0.5) is 11.6 Å². The molecule has 70 heavy (non-hydrogen) atoms. The van der Waals surface area contributed by atoms with Crippen LogP contribution >= 0.6 is 0 Å². The summed E-state index contributed by atoms with van der Waals surface area (Å²) in [6.45, 7) is 0. The SMILES string of the molecule is CS(=O)(=O)c1c(C2C[C@H]3CC[C@@H](C2)N3)nc2c(-c3ccc(-c4ccccc4)nc3)cnn2c1N.CS(=O)(=O)c1c(C2C[C@H]3CC[C@@H](C2)N3C=O)nc2c(-c3ccc(-c4ccccc4)nc3)cnn2c1N. The minimum Gasteiger partial charge on any atom is -0.382 e. The molecule has 2 aromatic carbocycles. The lowest BCUT2D eigenvalue weighted by atomic mass is 9.88. The van der Waals surface area contributed by atoms with Crippen LogP contribution in [0.1, 0.15) is 74.6 Å². The number of aromatic nitrogens is 8. The second-order valence-electron chi connectivity index (χ2n) is 19.1. The van der Waals surface area contributed by atoms with Crippen LogP contribution in [0.25, 0.3) is 56.1 Å². The molecular weight excluding hydrogens is 925 g/mol. The number of fused-ring (bicyclic) bond motifs is 6. The Morgan fingerprint density at radius 3 is 1.37 bits per heavy atom. The molecule has 0 radical (unpaired) electrons. The van der Waals surface area contributed by atoms with Crippen LogP contribution in [0.2, 0.25) is 0 Å². The standard InChI is InChI=1S/C26H26N6O3S.C25H26N6O2S/c1-36(34,35)24-23(18-11-19-8-9-20(12-18)31(19)15-33)30-26-21(14-29-32(26)25(24)27)17-7-10-22(28-13-17)16-5-3-2-4-6-16;1-34(32,33)23-22(17-11-18-8-9-19(12-17)29-18)30-25-20(14-28-31(25)24(23)26)16-7-10-21(27-13-16)15-5-3-2-4-6-15/h2-7,10,13-15,18-20H,8-9,11-12,27H2,1H3;2-7,10,13-14,17-19,29H,8-9,11-12,26H2,1H3/t18?,19-,20+;17?,18-,19+. The number of pyridine rings is 2. The fourth-order valence-electron chi connectivity index (χ4n) is 11.3. The van der Waals surface area contributed by atoms with Crippen molar-refractivity contribution >= 4 is 49.0 Å². The predicted molar refractivity (Wildman–Crippen MR) is 267 cm³/mol. The summed E-state index contributed by atoms with van der Waals surface area (Å²) < 4.78 is 54.2. The van der Waals surface area contributed by atoms with Crippen LogP contribution in [-0.2, 0) is 24.5 Å². The van der Waals surface area contributed by atoms with Crippen LogP contribution in [0.3, 0.4) is 0 Å². The Balaban J connectivity index is 0.000000153. The number of nitrogens with zero attached hydrogens (tertiary/aromatic N) is 9. The third-order valence-corrected chi connectivity index (χ3v) is 16.8. The number of hydrogen-bond donors (Lipinski definition) is 3. The summed E-state index contributed by atoms with van der Waals surface area (Å²) in [6.07, 6.45) is 17.3. The van der Waals surface area contributed by atoms with E-state index in [1.54, 1.807) is 24.8 Å². The summed E-state index contributed by atoms with van der Waals surface area (Å²) in [4.78, 5) is 32.7. The maximum atomic E-state index is 12.9. The number of carbonyl (C=O) groups is 1. The summed E-state index contributed by atoms with van der Waals surface area (Å²) in [5, 5.41) is 12.4. The van der Waals surface area contributed by atoms with Crippen molar-refractivity contribution in [3.8, 4) is 44.8 Å². The zero-order valence-electron chi connectivity index (χ0n) is 38.6. The van der Waals surface area contributed by atoms with E-state index in [1.807, 2.05) is 89.8 Å². The van der Waals surface area contributed by atoms with Crippen molar-refractivity contribution in [3.05, 3.63) is 121 Å². The Labute approximate surface area is 405 Å². The van der Waals surface area contributed by atoms with Gasteiger partial charge in [0, 0.05) is 94.3 Å². The first kappa shape index (κ1) is 45.4. The predicted octanol–water partition coefficient (Wildman–Crippen LogP) is 6.75. The highest BCUT2D eigenvalue weighted by Gasteiger charge is 2.43. The molecule has 0 spiro atoms. The first-order valence-electron chi connectivity index (χ1n) is 23.5. The van der Waals surface area contributed by atoms with E-state index in [4.69, 9.17) is 21.4 Å². The van der Waals surface area contributed by atoms with Crippen molar-refractivity contribution in [2.24, 2.45) is 0 Å².